The average Bonchev–Trinajstić information content (AvgIpc) is 2.66. The van der Waals surface area contributed by atoms with Crippen LogP contribution in [0.1, 0.15) is 38.7 Å². The molecule has 0 spiro atoms. The average molecular weight is 334 g/mol. The summed E-state index contributed by atoms with van der Waals surface area (Å²) in [5.74, 6) is 1.42. The highest BCUT2D eigenvalue weighted by atomic mass is 32.2. The minimum absolute atomic E-state index is 0.0557. The van der Waals surface area contributed by atoms with Gasteiger partial charge < -0.3 is 10.6 Å². The summed E-state index contributed by atoms with van der Waals surface area (Å²) < 4.78 is 0. The number of thioether (sulfide) groups is 1. The summed E-state index contributed by atoms with van der Waals surface area (Å²) in [6.45, 7) is 5.02. The number of amides is 2. The number of fused-ring (bicyclic) bond motifs is 1. The van der Waals surface area contributed by atoms with E-state index in [9.17, 15) is 9.59 Å². The summed E-state index contributed by atoms with van der Waals surface area (Å²) in [6, 6.07) is 7.95. The van der Waals surface area contributed by atoms with Gasteiger partial charge in [-0.25, -0.2) is 0 Å². The normalized spacial score (nSPS) is 17.3. The Bertz CT molecular complexity index is 546. The molecule has 126 valence electrons. The van der Waals surface area contributed by atoms with Gasteiger partial charge in [0, 0.05) is 24.4 Å². The Morgan fingerprint density at radius 1 is 1.39 bits per heavy atom. The maximum Gasteiger partial charge on any atom is 0.237 e. The molecule has 1 aliphatic heterocycles. The number of anilines is 1. The Morgan fingerprint density at radius 2 is 2.17 bits per heavy atom. The van der Waals surface area contributed by atoms with Gasteiger partial charge in [0.2, 0.25) is 11.8 Å². The summed E-state index contributed by atoms with van der Waals surface area (Å²) >= 11 is 1.58. The number of hydrogen-bond acceptors (Lipinski definition) is 3. The highest BCUT2D eigenvalue weighted by Gasteiger charge is 2.23. The number of rotatable bonds is 7. The third-order valence-electron chi connectivity index (χ3n) is 3.94. The molecule has 0 fully saturated rings. The van der Waals surface area contributed by atoms with E-state index in [2.05, 4.69) is 30.5 Å². The largest absolute Gasteiger partial charge is 0.356 e. The van der Waals surface area contributed by atoms with Gasteiger partial charge in [0.15, 0.2) is 0 Å². The summed E-state index contributed by atoms with van der Waals surface area (Å²) in [5, 5.41) is 5.86. The predicted octanol–water partition coefficient (Wildman–Crippen LogP) is 3.23. The van der Waals surface area contributed by atoms with E-state index >= 15 is 0 Å². The first-order valence-electron chi connectivity index (χ1n) is 8.33. The van der Waals surface area contributed by atoms with Gasteiger partial charge in [-0.15, -0.1) is 11.8 Å². The first-order valence-corrected chi connectivity index (χ1v) is 9.38. The molecule has 0 saturated heterocycles. The molecule has 4 nitrogen and oxygen atoms in total. The maximum atomic E-state index is 12.3. The molecular weight excluding hydrogens is 308 g/mol. The molecule has 2 rings (SSSR count). The highest BCUT2D eigenvalue weighted by Crippen LogP contribution is 2.27. The van der Waals surface area contributed by atoms with Gasteiger partial charge >= 0.3 is 0 Å². The molecule has 0 bridgehead atoms. The highest BCUT2D eigenvalue weighted by molar-refractivity contribution is 8.00. The van der Waals surface area contributed by atoms with E-state index in [0.29, 0.717) is 18.1 Å². The molecule has 23 heavy (non-hydrogen) atoms. The van der Waals surface area contributed by atoms with Gasteiger partial charge in [-0.2, -0.15) is 0 Å². The van der Waals surface area contributed by atoms with Crippen LogP contribution in [0.15, 0.2) is 24.3 Å². The molecule has 2 amide bonds. The van der Waals surface area contributed by atoms with Crippen molar-refractivity contribution in [3.05, 3.63) is 29.8 Å². The van der Waals surface area contributed by atoms with Crippen molar-refractivity contribution in [3.8, 4) is 0 Å². The van der Waals surface area contributed by atoms with Crippen molar-refractivity contribution in [2.24, 2.45) is 5.92 Å². The lowest BCUT2D eigenvalue weighted by Crippen LogP contribution is -2.27. The second-order valence-corrected chi connectivity index (χ2v) is 7.64. The molecule has 5 heteroatoms. The standard InChI is InChI=1S/C18H26N2O2S/c1-13(2)9-11-19-17(21)10-12-23-16-8-7-14-5-3-4-6-15(14)20-18(16)22/h3-6,13,16H,7-12H2,1-2H3,(H,19,21)(H,20,22)/t16-/m0/s1. The predicted molar refractivity (Wildman–Crippen MR) is 96.7 cm³/mol. The number of para-hydroxylation sites is 1. The van der Waals surface area contributed by atoms with Gasteiger partial charge in [-0.1, -0.05) is 32.0 Å². The fraction of sp³-hybridized carbons (Fsp3) is 0.556. The summed E-state index contributed by atoms with van der Waals surface area (Å²) in [7, 11) is 0. The minimum Gasteiger partial charge on any atom is -0.356 e. The number of nitrogens with one attached hydrogen (secondary N) is 2. The van der Waals surface area contributed by atoms with Crippen molar-refractivity contribution in [2.75, 3.05) is 17.6 Å². The smallest absolute Gasteiger partial charge is 0.237 e. The van der Waals surface area contributed by atoms with Crippen LogP contribution in [-0.4, -0.2) is 29.4 Å². The zero-order valence-corrected chi connectivity index (χ0v) is 14.7. The third-order valence-corrected chi connectivity index (χ3v) is 5.23. The molecule has 0 saturated carbocycles. The molecule has 0 unspecified atom stereocenters. The quantitative estimate of drug-likeness (QED) is 0.805. The van der Waals surface area contributed by atoms with Crippen molar-refractivity contribution >= 4 is 29.3 Å². The lowest BCUT2D eigenvalue weighted by Gasteiger charge is -2.13. The van der Waals surface area contributed by atoms with Crippen molar-refractivity contribution in [1.29, 1.82) is 0 Å². The van der Waals surface area contributed by atoms with Crippen LogP contribution in [0.4, 0.5) is 5.69 Å². The summed E-state index contributed by atoms with van der Waals surface area (Å²) in [6.07, 6.45) is 3.19. The summed E-state index contributed by atoms with van der Waals surface area (Å²) in [4.78, 5) is 24.0. The SMILES string of the molecule is CC(C)CCNC(=O)CCS[C@H]1CCc2ccccc2NC1=O. The van der Waals surface area contributed by atoms with Crippen LogP contribution in [-0.2, 0) is 16.0 Å². The van der Waals surface area contributed by atoms with Gasteiger partial charge in [0.1, 0.15) is 0 Å². The molecule has 1 aromatic rings. The monoisotopic (exact) mass is 334 g/mol. The third kappa shape index (κ3) is 5.90. The lowest BCUT2D eigenvalue weighted by atomic mass is 10.1. The van der Waals surface area contributed by atoms with E-state index in [0.717, 1.165) is 31.5 Å². The Morgan fingerprint density at radius 3 is 2.96 bits per heavy atom. The topological polar surface area (TPSA) is 58.2 Å². The van der Waals surface area contributed by atoms with Crippen molar-refractivity contribution in [1.82, 2.24) is 5.32 Å². The Hall–Kier alpha value is -1.49. The van der Waals surface area contributed by atoms with E-state index in [1.807, 2.05) is 18.2 Å². The van der Waals surface area contributed by atoms with E-state index in [-0.39, 0.29) is 17.1 Å². The van der Waals surface area contributed by atoms with Crippen LogP contribution in [0.2, 0.25) is 0 Å². The maximum absolute atomic E-state index is 12.3. The van der Waals surface area contributed by atoms with E-state index < -0.39 is 0 Å². The zero-order valence-electron chi connectivity index (χ0n) is 13.9. The molecule has 0 aliphatic carbocycles. The molecule has 1 atom stereocenters. The van der Waals surface area contributed by atoms with Gasteiger partial charge in [-0.3, -0.25) is 9.59 Å². The number of aryl methyl sites for hydroxylation is 1. The Kier molecular flexibility index (Phi) is 6.96. The molecular formula is C18H26N2O2S. The first kappa shape index (κ1) is 17.9. The van der Waals surface area contributed by atoms with E-state index in [1.54, 1.807) is 11.8 Å². The van der Waals surface area contributed by atoms with Crippen LogP contribution in [0.25, 0.3) is 0 Å². The Labute approximate surface area is 142 Å². The molecule has 1 heterocycles. The van der Waals surface area contributed by atoms with Crippen LogP contribution < -0.4 is 10.6 Å². The van der Waals surface area contributed by atoms with E-state index in [1.165, 1.54) is 5.56 Å². The van der Waals surface area contributed by atoms with Crippen LogP contribution >= 0.6 is 11.8 Å². The van der Waals surface area contributed by atoms with Crippen LogP contribution in [0.5, 0.6) is 0 Å². The van der Waals surface area contributed by atoms with Crippen molar-refractivity contribution in [2.45, 2.75) is 44.8 Å². The second-order valence-electron chi connectivity index (χ2n) is 6.33. The summed E-state index contributed by atoms with van der Waals surface area (Å²) in [5.41, 5.74) is 2.11. The van der Waals surface area contributed by atoms with Crippen molar-refractivity contribution < 1.29 is 9.59 Å². The molecule has 1 aliphatic rings. The van der Waals surface area contributed by atoms with Crippen LogP contribution in [0.3, 0.4) is 0 Å². The zero-order chi connectivity index (χ0) is 16.7. The number of benzene rings is 1. The minimum atomic E-state index is -0.0779. The second kappa shape index (κ2) is 8.96. The van der Waals surface area contributed by atoms with E-state index in [4.69, 9.17) is 0 Å². The molecule has 0 aromatic heterocycles. The van der Waals surface area contributed by atoms with Crippen molar-refractivity contribution in [3.63, 3.8) is 0 Å². The Balaban J connectivity index is 1.72. The van der Waals surface area contributed by atoms with Gasteiger partial charge in [-0.05, 0) is 36.8 Å². The lowest BCUT2D eigenvalue weighted by molar-refractivity contribution is -0.120. The molecule has 0 radical (unpaired) electrons. The number of carbonyl (C=O) groups is 2. The number of hydrogen-bond donors (Lipinski definition) is 2. The first-order chi connectivity index (χ1) is 11.1. The van der Waals surface area contributed by atoms with Gasteiger partial charge in [0.25, 0.3) is 0 Å². The fourth-order valence-corrected chi connectivity index (χ4v) is 3.62. The number of carbonyl (C=O) groups excluding carboxylic acids is 2. The van der Waals surface area contributed by atoms with Gasteiger partial charge in [0.05, 0.1) is 5.25 Å². The fourth-order valence-electron chi connectivity index (χ4n) is 2.53. The van der Waals surface area contributed by atoms with Crippen LogP contribution in [0, 0.1) is 5.92 Å². The molecule has 2 N–H and O–H groups in total. The molecule has 1 aromatic carbocycles.